The quantitative estimate of drug-likeness (QED) is 0.787. The molecule has 0 saturated heterocycles. The number of nitrogens with one attached hydrogen (secondary N) is 2. The molecule has 0 spiro atoms. The smallest absolute Gasteiger partial charge is 0.258 e. The van der Waals surface area contributed by atoms with Gasteiger partial charge in [-0.3, -0.25) is 9.59 Å². The molecule has 0 saturated carbocycles. The summed E-state index contributed by atoms with van der Waals surface area (Å²) in [4.78, 5) is 23.7. The number of hydrogen-bond donors (Lipinski definition) is 2. The van der Waals surface area contributed by atoms with Crippen LogP contribution in [-0.4, -0.2) is 25.5 Å². The Kier molecular flexibility index (Phi) is 5.96. The lowest BCUT2D eigenvalue weighted by molar-refractivity contribution is -0.123. The van der Waals surface area contributed by atoms with E-state index in [2.05, 4.69) is 10.6 Å². The molecule has 142 valence electrons. The monoisotopic (exact) mass is 368 g/mol. The number of anilines is 1. The average Bonchev–Trinajstić information content (AvgIpc) is 2.70. The van der Waals surface area contributed by atoms with Crippen LogP contribution in [0.5, 0.6) is 11.5 Å². The van der Waals surface area contributed by atoms with Crippen LogP contribution >= 0.6 is 0 Å². The second kappa shape index (κ2) is 8.58. The van der Waals surface area contributed by atoms with Crippen molar-refractivity contribution >= 4 is 17.5 Å². The Bertz CT molecular complexity index is 817. The van der Waals surface area contributed by atoms with Crippen LogP contribution in [-0.2, 0) is 16.0 Å². The number of carbonyl (C=O) groups excluding carboxylic acids is 2. The maximum atomic E-state index is 12.3. The molecule has 2 amide bonds. The lowest BCUT2D eigenvalue weighted by atomic mass is 10.0. The van der Waals surface area contributed by atoms with Crippen LogP contribution in [0.15, 0.2) is 42.5 Å². The molecule has 0 bridgehead atoms. The summed E-state index contributed by atoms with van der Waals surface area (Å²) in [5, 5.41) is 5.83. The number of hydrogen-bond acceptors (Lipinski definition) is 4. The van der Waals surface area contributed by atoms with Crippen molar-refractivity contribution in [3.8, 4) is 11.5 Å². The Morgan fingerprint density at radius 2 is 1.89 bits per heavy atom. The van der Waals surface area contributed by atoms with Crippen LogP contribution in [0.2, 0.25) is 0 Å². The second-order valence-electron chi connectivity index (χ2n) is 6.46. The standard InChI is InChI=1S/C21H24N2O4/c1-3-18(14-4-7-16(26-2)8-5-14)22-21(25)13-27-17-9-10-19-15(12-17)6-11-20(24)23-19/h4-5,7-10,12,18H,3,6,11,13H2,1-2H3,(H,22,25)(H,23,24). The van der Waals surface area contributed by atoms with Crippen LogP contribution < -0.4 is 20.1 Å². The lowest BCUT2D eigenvalue weighted by Crippen LogP contribution is -2.32. The van der Waals surface area contributed by atoms with Crippen molar-refractivity contribution in [2.75, 3.05) is 19.0 Å². The van der Waals surface area contributed by atoms with E-state index >= 15 is 0 Å². The summed E-state index contributed by atoms with van der Waals surface area (Å²) < 4.78 is 10.8. The molecule has 0 aliphatic carbocycles. The summed E-state index contributed by atoms with van der Waals surface area (Å²) in [6.45, 7) is 1.96. The molecule has 1 unspecified atom stereocenters. The molecule has 6 nitrogen and oxygen atoms in total. The minimum atomic E-state index is -0.177. The molecule has 2 aromatic rings. The molecular formula is C21H24N2O4. The number of carbonyl (C=O) groups is 2. The fourth-order valence-electron chi connectivity index (χ4n) is 3.09. The van der Waals surface area contributed by atoms with Gasteiger partial charge in [0.15, 0.2) is 6.61 Å². The summed E-state index contributed by atoms with van der Waals surface area (Å²) in [6, 6.07) is 13.0. The number of fused-ring (bicyclic) bond motifs is 1. The van der Waals surface area contributed by atoms with E-state index in [-0.39, 0.29) is 24.5 Å². The van der Waals surface area contributed by atoms with Gasteiger partial charge in [-0.05, 0) is 54.3 Å². The Hall–Kier alpha value is -3.02. The number of methoxy groups -OCH3 is 1. The topological polar surface area (TPSA) is 76.7 Å². The molecule has 0 fully saturated rings. The SMILES string of the molecule is CCC(NC(=O)COc1ccc2c(c1)CCC(=O)N2)c1ccc(OC)cc1. The fourth-order valence-corrected chi connectivity index (χ4v) is 3.09. The van der Waals surface area contributed by atoms with Gasteiger partial charge in [0.25, 0.3) is 5.91 Å². The largest absolute Gasteiger partial charge is 0.497 e. The van der Waals surface area contributed by atoms with Gasteiger partial charge in [-0.15, -0.1) is 0 Å². The van der Waals surface area contributed by atoms with Crippen molar-refractivity contribution in [2.24, 2.45) is 0 Å². The molecule has 0 aromatic heterocycles. The third-order valence-electron chi connectivity index (χ3n) is 4.60. The number of rotatable bonds is 7. The van der Waals surface area contributed by atoms with E-state index in [9.17, 15) is 9.59 Å². The summed E-state index contributed by atoms with van der Waals surface area (Å²) in [5.74, 6) is 1.26. The molecule has 6 heteroatoms. The van der Waals surface area contributed by atoms with E-state index in [0.29, 0.717) is 18.6 Å². The summed E-state index contributed by atoms with van der Waals surface area (Å²) in [6.07, 6.45) is 1.92. The molecule has 2 N–H and O–H groups in total. The summed E-state index contributed by atoms with van der Waals surface area (Å²) in [5.41, 5.74) is 2.86. The second-order valence-corrected chi connectivity index (χ2v) is 6.46. The first kappa shape index (κ1) is 18.8. The fraction of sp³-hybridized carbons (Fsp3) is 0.333. The van der Waals surface area contributed by atoms with Gasteiger partial charge >= 0.3 is 0 Å². The molecule has 1 atom stereocenters. The van der Waals surface area contributed by atoms with Crippen LogP contribution in [0.3, 0.4) is 0 Å². The molecule has 1 heterocycles. The predicted molar refractivity (Wildman–Crippen MR) is 103 cm³/mol. The molecule has 0 radical (unpaired) electrons. The van der Waals surface area contributed by atoms with Crippen molar-refractivity contribution in [1.29, 1.82) is 0 Å². The average molecular weight is 368 g/mol. The zero-order valence-electron chi connectivity index (χ0n) is 15.6. The van der Waals surface area contributed by atoms with Gasteiger partial charge in [-0.25, -0.2) is 0 Å². The Balaban J connectivity index is 1.56. The number of ether oxygens (including phenoxy) is 2. The van der Waals surface area contributed by atoms with Crippen LogP contribution in [0.1, 0.15) is 36.9 Å². The van der Waals surface area contributed by atoms with Crippen LogP contribution in [0.25, 0.3) is 0 Å². The van der Waals surface area contributed by atoms with Gasteiger partial charge in [-0.2, -0.15) is 0 Å². The first-order valence-electron chi connectivity index (χ1n) is 9.08. The van der Waals surface area contributed by atoms with Gasteiger partial charge in [-0.1, -0.05) is 19.1 Å². The Labute approximate surface area is 158 Å². The van der Waals surface area contributed by atoms with Gasteiger partial charge in [0.05, 0.1) is 13.2 Å². The zero-order valence-corrected chi connectivity index (χ0v) is 15.6. The highest BCUT2D eigenvalue weighted by atomic mass is 16.5. The van der Waals surface area contributed by atoms with Crippen LogP contribution in [0.4, 0.5) is 5.69 Å². The first-order chi connectivity index (χ1) is 13.1. The maximum absolute atomic E-state index is 12.3. The van der Waals surface area contributed by atoms with Crippen molar-refractivity contribution in [1.82, 2.24) is 5.32 Å². The lowest BCUT2D eigenvalue weighted by Gasteiger charge is -2.19. The third kappa shape index (κ3) is 4.78. The maximum Gasteiger partial charge on any atom is 0.258 e. The molecular weight excluding hydrogens is 344 g/mol. The molecule has 1 aliphatic heterocycles. The minimum Gasteiger partial charge on any atom is -0.497 e. The number of benzene rings is 2. The van der Waals surface area contributed by atoms with Gasteiger partial charge in [0.2, 0.25) is 5.91 Å². The molecule has 3 rings (SSSR count). The van der Waals surface area contributed by atoms with E-state index in [4.69, 9.17) is 9.47 Å². The Morgan fingerprint density at radius 1 is 1.15 bits per heavy atom. The third-order valence-corrected chi connectivity index (χ3v) is 4.60. The number of amides is 2. The highest BCUT2D eigenvalue weighted by Crippen LogP contribution is 2.27. The van der Waals surface area contributed by atoms with Gasteiger partial charge in [0.1, 0.15) is 11.5 Å². The summed E-state index contributed by atoms with van der Waals surface area (Å²) in [7, 11) is 1.63. The van der Waals surface area contributed by atoms with E-state index in [0.717, 1.165) is 29.0 Å². The van der Waals surface area contributed by atoms with Crippen LogP contribution in [0, 0.1) is 0 Å². The van der Waals surface area contributed by atoms with Crippen molar-refractivity contribution in [3.05, 3.63) is 53.6 Å². The van der Waals surface area contributed by atoms with E-state index in [1.165, 1.54) is 0 Å². The molecule has 27 heavy (non-hydrogen) atoms. The molecule has 2 aromatic carbocycles. The van der Waals surface area contributed by atoms with E-state index in [1.54, 1.807) is 13.2 Å². The van der Waals surface area contributed by atoms with Gasteiger partial charge in [0, 0.05) is 12.1 Å². The summed E-state index contributed by atoms with van der Waals surface area (Å²) >= 11 is 0. The van der Waals surface area contributed by atoms with Crippen molar-refractivity contribution < 1.29 is 19.1 Å². The number of aryl methyl sites for hydroxylation is 1. The highest BCUT2D eigenvalue weighted by molar-refractivity contribution is 5.94. The molecule has 1 aliphatic rings. The van der Waals surface area contributed by atoms with Gasteiger partial charge < -0.3 is 20.1 Å². The van der Waals surface area contributed by atoms with E-state index < -0.39 is 0 Å². The van der Waals surface area contributed by atoms with Crippen molar-refractivity contribution in [3.63, 3.8) is 0 Å². The first-order valence-corrected chi connectivity index (χ1v) is 9.08. The minimum absolute atomic E-state index is 0.0275. The Morgan fingerprint density at radius 3 is 2.59 bits per heavy atom. The normalized spacial score (nSPS) is 13.9. The van der Waals surface area contributed by atoms with E-state index in [1.807, 2.05) is 43.3 Å². The van der Waals surface area contributed by atoms with Crippen molar-refractivity contribution in [2.45, 2.75) is 32.2 Å². The zero-order chi connectivity index (χ0) is 19.2. The highest BCUT2D eigenvalue weighted by Gasteiger charge is 2.16. The predicted octanol–water partition coefficient (Wildman–Crippen LogP) is 3.23.